The van der Waals surface area contributed by atoms with Crippen molar-refractivity contribution in [1.82, 2.24) is 0 Å². The third-order valence-corrected chi connectivity index (χ3v) is 3.46. The van der Waals surface area contributed by atoms with Gasteiger partial charge in [-0.15, -0.1) is 0 Å². The summed E-state index contributed by atoms with van der Waals surface area (Å²) in [5.41, 5.74) is 1.27. The quantitative estimate of drug-likeness (QED) is 0.479. The molecule has 3 rings (SSSR count). The molecule has 22 heavy (non-hydrogen) atoms. The fourth-order valence-electron chi connectivity index (χ4n) is 2.17. The van der Waals surface area contributed by atoms with E-state index in [1.807, 2.05) is 6.08 Å². The summed E-state index contributed by atoms with van der Waals surface area (Å²) in [4.78, 5) is 22.2. The molecule has 0 saturated carbocycles. The topological polar surface area (TPSA) is 76.4 Å². The lowest BCUT2D eigenvalue weighted by Gasteiger charge is -2.08. The Morgan fingerprint density at radius 1 is 1.32 bits per heavy atom. The number of nitrogens with zero attached hydrogens (tertiary/aromatic N) is 2. The van der Waals surface area contributed by atoms with E-state index in [2.05, 4.69) is 0 Å². The first-order valence-electron chi connectivity index (χ1n) is 6.41. The third-order valence-electron chi connectivity index (χ3n) is 3.22. The maximum absolute atomic E-state index is 12.3. The van der Waals surface area contributed by atoms with Gasteiger partial charge in [0.15, 0.2) is 0 Å². The second-order valence-corrected chi connectivity index (χ2v) is 5.11. The summed E-state index contributed by atoms with van der Waals surface area (Å²) in [5, 5.41) is 11.1. The molecule has 0 saturated heterocycles. The van der Waals surface area contributed by atoms with Crippen molar-refractivity contribution in [2.45, 2.75) is 6.04 Å². The standard InChI is InChI=1S/C15H10ClN2O4/c16-11-2-7-14-10(9-11)1-3-12(17(14)19)4-5-13-6-8-15(22-13)18(20)21/h1-9,12H/q+1/b5-4+. The zero-order valence-corrected chi connectivity index (χ0v) is 11.9. The van der Waals surface area contributed by atoms with Crippen LogP contribution >= 0.6 is 11.6 Å². The molecule has 1 aromatic heterocycles. The van der Waals surface area contributed by atoms with Crippen LogP contribution in [0.4, 0.5) is 11.6 Å². The number of halogens is 1. The molecule has 0 N–H and O–H groups in total. The molecule has 6 nitrogen and oxygen atoms in total. The van der Waals surface area contributed by atoms with Crippen LogP contribution in [0.5, 0.6) is 0 Å². The molecule has 2 aromatic rings. The van der Waals surface area contributed by atoms with Gasteiger partial charge in [-0.05, 0) is 42.5 Å². The van der Waals surface area contributed by atoms with Crippen LogP contribution in [0.2, 0.25) is 5.02 Å². The van der Waals surface area contributed by atoms with Gasteiger partial charge in [0.05, 0.1) is 11.6 Å². The highest BCUT2D eigenvalue weighted by Crippen LogP contribution is 2.30. The van der Waals surface area contributed by atoms with Crippen molar-refractivity contribution >= 4 is 35.3 Å². The number of benzene rings is 1. The van der Waals surface area contributed by atoms with Gasteiger partial charge in [-0.1, -0.05) is 11.6 Å². The molecule has 110 valence electrons. The molecular formula is C15H10ClN2O4+. The molecule has 1 aliphatic rings. The summed E-state index contributed by atoms with van der Waals surface area (Å²) in [6.45, 7) is 0. The monoisotopic (exact) mass is 317 g/mol. The first-order chi connectivity index (χ1) is 10.5. The van der Waals surface area contributed by atoms with Crippen LogP contribution in [0.1, 0.15) is 11.3 Å². The van der Waals surface area contributed by atoms with E-state index in [4.69, 9.17) is 16.0 Å². The van der Waals surface area contributed by atoms with Gasteiger partial charge in [0, 0.05) is 20.8 Å². The second kappa shape index (κ2) is 5.57. The molecule has 1 aliphatic heterocycles. The van der Waals surface area contributed by atoms with Crippen LogP contribution in [0.15, 0.2) is 46.9 Å². The van der Waals surface area contributed by atoms with Crippen molar-refractivity contribution in [3.63, 3.8) is 0 Å². The van der Waals surface area contributed by atoms with E-state index in [-0.39, 0.29) is 5.88 Å². The smallest absolute Gasteiger partial charge is 0.401 e. The predicted octanol–water partition coefficient (Wildman–Crippen LogP) is 4.36. The van der Waals surface area contributed by atoms with Crippen LogP contribution in [0.3, 0.4) is 0 Å². The van der Waals surface area contributed by atoms with E-state index < -0.39 is 11.0 Å². The molecule has 0 bridgehead atoms. The lowest BCUT2D eigenvalue weighted by molar-refractivity contribution is -0.481. The van der Waals surface area contributed by atoms with Gasteiger partial charge in [0.1, 0.15) is 10.7 Å². The van der Waals surface area contributed by atoms with Gasteiger partial charge in [-0.3, -0.25) is 10.1 Å². The van der Waals surface area contributed by atoms with Gasteiger partial charge in [-0.25, -0.2) is 0 Å². The highest BCUT2D eigenvalue weighted by Gasteiger charge is 2.29. The van der Waals surface area contributed by atoms with Crippen molar-refractivity contribution in [1.29, 1.82) is 0 Å². The largest absolute Gasteiger partial charge is 0.433 e. The summed E-state index contributed by atoms with van der Waals surface area (Å²) < 4.78 is 5.86. The van der Waals surface area contributed by atoms with Crippen LogP contribution < -0.4 is 0 Å². The minimum atomic E-state index is -0.613. The Bertz CT molecular complexity index is 823. The SMILES string of the molecule is O=[N+]([O-])c1ccc(/C=C/C2C=Cc3cc(Cl)ccc3[N+]2=O)o1. The Labute approximate surface area is 130 Å². The number of nitroso groups, excluding NO2 is 1. The summed E-state index contributed by atoms with van der Waals surface area (Å²) in [6.07, 6.45) is 6.69. The van der Waals surface area contributed by atoms with Crippen molar-refractivity contribution in [2.24, 2.45) is 0 Å². The second-order valence-electron chi connectivity index (χ2n) is 4.67. The Hall–Kier alpha value is -2.73. The average Bonchev–Trinajstić information content (AvgIpc) is 2.95. The van der Waals surface area contributed by atoms with Crippen LogP contribution in [-0.4, -0.2) is 15.7 Å². The van der Waals surface area contributed by atoms with E-state index in [1.165, 1.54) is 18.2 Å². The lowest BCUT2D eigenvalue weighted by Crippen LogP contribution is -2.18. The fraction of sp³-hybridized carbons (Fsp3) is 0.0667. The fourth-order valence-corrected chi connectivity index (χ4v) is 2.35. The molecular weight excluding hydrogens is 308 g/mol. The molecule has 1 atom stereocenters. The normalized spacial score (nSPS) is 17.0. The average molecular weight is 318 g/mol. The lowest BCUT2D eigenvalue weighted by atomic mass is 10.0. The number of hydrogen-bond acceptors (Lipinski definition) is 4. The van der Waals surface area contributed by atoms with E-state index >= 15 is 0 Å². The number of hydrogen-bond donors (Lipinski definition) is 0. The minimum absolute atomic E-state index is 0.315. The zero-order chi connectivity index (χ0) is 15.7. The molecule has 2 heterocycles. The highest BCUT2D eigenvalue weighted by atomic mass is 35.5. The van der Waals surface area contributed by atoms with E-state index in [0.29, 0.717) is 16.5 Å². The van der Waals surface area contributed by atoms with Gasteiger partial charge in [0.2, 0.25) is 6.04 Å². The minimum Gasteiger partial charge on any atom is -0.401 e. The molecule has 0 aliphatic carbocycles. The summed E-state index contributed by atoms with van der Waals surface area (Å²) in [6, 6.07) is 7.26. The van der Waals surface area contributed by atoms with Crippen molar-refractivity contribution in [3.05, 3.63) is 73.9 Å². The highest BCUT2D eigenvalue weighted by molar-refractivity contribution is 6.30. The Kier molecular flexibility index (Phi) is 3.60. The van der Waals surface area contributed by atoms with E-state index in [1.54, 1.807) is 30.4 Å². The van der Waals surface area contributed by atoms with Crippen LogP contribution in [0, 0.1) is 15.0 Å². The first-order valence-corrected chi connectivity index (χ1v) is 6.79. The Morgan fingerprint density at radius 3 is 2.86 bits per heavy atom. The van der Waals surface area contributed by atoms with Gasteiger partial charge < -0.3 is 4.42 Å². The molecule has 0 fully saturated rings. The third kappa shape index (κ3) is 2.68. The van der Waals surface area contributed by atoms with Gasteiger partial charge in [0.25, 0.3) is 5.69 Å². The van der Waals surface area contributed by atoms with Crippen LogP contribution in [-0.2, 0) is 0 Å². The molecule has 1 unspecified atom stereocenters. The van der Waals surface area contributed by atoms with Crippen molar-refractivity contribution in [3.8, 4) is 0 Å². The van der Waals surface area contributed by atoms with Gasteiger partial charge >= 0.3 is 5.88 Å². The number of rotatable bonds is 3. The summed E-state index contributed by atoms with van der Waals surface area (Å²) in [7, 11) is 0. The number of fused-ring (bicyclic) bond motifs is 1. The maximum Gasteiger partial charge on any atom is 0.433 e. The number of nitro groups is 1. The van der Waals surface area contributed by atoms with Crippen molar-refractivity contribution in [2.75, 3.05) is 0 Å². The van der Waals surface area contributed by atoms with E-state index in [9.17, 15) is 15.0 Å². The molecule has 0 spiro atoms. The Balaban J connectivity index is 1.82. The first kappa shape index (κ1) is 14.2. The summed E-state index contributed by atoms with van der Waals surface area (Å²) >= 11 is 5.89. The van der Waals surface area contributed by atoms with Crippen molar-refractivity contribution < 1.29 is 14.1 Å². The van der Waals surface area contributed by atoms with Gasteiger partial charge in [-0.2, -0.15) is 0 Å². The maximum atomic E-state index is 12.3. The predicted molar refractivity (Wildman–Crippen MR) is 82.0 cm³/mol. The van der Waals surface area contributed by atoms with Crippen LogP contribution in [0.25, 0.3) is 12.2 Å². The zero-order valence-electron chi connectivity index (χ0n) is 11.2. The molecule has 7 heteroatoms. The Morgan fingerprint density at radius 2 is 2.14 bits per heavy atom. The molecule has 0 radical (unpaired) electrons. The summed E-state index contributed by atoms with van der Waals surface area (Å²) in [5.74, 6) is -0.0202. The van der Waals surface area contributed by atoms with E-state index in [0.717, 1.165) is 10.3 Å². The molecule has 0 amide bonds. The number of furan rings is 1. The molecule has 1 aromatic carbocycles.